The maximum Gasteiger partial charge on any atom is 0.303 e. The van der Waals surface area contributed by atoms with E-state index < -0.39 is 5.97 Å². The van der Waals surface area contributed by atoms with E-state index in [-0.39, 0.29) is 11.8 Å². The van der Waals surface area contributed by atoms with Gasteiger partial charge in [-0.1, -0.05) is 42.8 Å². The monoisotopic (exact) mass is 429 g/mol. The highest BCUT2D eigenvalue weighted by Gasteiger charge is 2.44. The van der Waals surface area contributed by atoms with Crippen molar-refractivity contribution in [3.8, 4) is 11.8 Å². The van der Waals surface area contributed by atoms with Gasteiger partial charge in [0.05, 0.1) is 11.5 Å². The van der Waals surface area contributed by atoms with Crippen LogP contribution < -0.4 is 4.74 Å². The van der Waals surface area contributed by atoms with E-state index in [2.05, 4.69) is 30.3 Å². The molecular weight excluding hydrogens is 398 g/mol. The second-order valence-corrected chi connectivity index (χ2v) is 9.09. The molecule has 2 aliphatic carbocycles. The Morgan fingerprint density at radius 3 is 2.38 bits per heavy atom. The second-order valence-electron chi connectivity index (χ2n) is 9.09. The number of carboxylic acid groups (broad SMARTS) is 1. The molecule has 0 aliphatic heterocycles. The van der Waals surface area contributed by atoms with Gasteiger partial charge in [-0.25, -0.2) is 0 Å². The number of carboxylic acids is 1. The van der Waals surface area contributed by atoms with Crippen molar-refractivity contribution in [2.24, 2.45) is 0 Å². The lowest BCUT2D eigenvalue weighted by molar-refractivity contribution is -0.137. The molecule has 0 saturated heterocycles. The van der Waals surface area contributed by atoms with Crippen molar-refractivity contribution in [3.63, 3.8) is 0 Å². The maximum absolute atomic E-state index is 10.7. The van der Waals surface area contributed by atoms with E-state index in [1.165, 1.54) is 36.0 Å². The van der Waals surface area contributed by atoms with Gasteiger partial charge >= 0.3 is 5.97 Å². The molecule has 4 heteroatoms. The Kier molecular flexibility index (Phi) is 6.95. The summed E-state index contributed by atoms with van der Waals surface area (Å²) in [5.74, 6) is 0.104. The summed E-state index contributed by atoms with van der Waals surface area (Å²) < 4.78 is 6.16. The molecule has 2 aromatic rings. The zero-order valence-electron chi connectivity index (χ0n) is 18.6. The quantitative estimate of drug-likeness (QED) is 0.497. The van der Waals surface area contributed by atoms with Crippen molar-refractivity contribution in [2.45, 2.75) is 69.6 Å². The molecule has 0 unspecified atom stereocenters. The van der Waals surface area contributed by atoms with Crippen molar-refractivity contribution in [1.82, 2.24) is 0 Å². The predicted octanol–water partition coefficient (Wildman–Crippen LogP) is 6.45. The molecule has 1 fully saturated rings. The number of allylic oxidation sites excluding steroid dienone is 1. The van der Waals surface area contributed by atoms with Gasteiger partial charge in [0.1, 0.15) is 12.4 Å². The van der Waals surface area contributed by atoms with Gasteiger partial charge < -0.3 is 9.84 Å². The maximum atomic E-state index is 10.7. The fourth-order valence-electron chi connectivity index (χ4n) is 4.60. The van der Waals surface area contributed by atoms with Crippen LogP contribution in [0.1, 0.15) is 74.5 Å². The standard InChI is InChI=1S/C28H31NO3/c29-20-28(17-18-28)24-13-11-22(12-14-24)26-7-3-1-2-6-23(26)19-32-25-15-9-21(10-16-25)5-4-8-27(30)31/h9-16H,1-8,17-19H2,(H,30,31). The van der Waals surface area contributed by atoms with Gasteiger partial charge in [0.15, 0.2) is 0 Å². The third-order valence-corrected chi connectivity index (χ3v) is 6.77. The Morgan fingerprint density at radius 1 is 1.00 bits per heavy atom. The molecule has 1 N–H and O–H groups in total. The minimum absolute atomic E-state index is 0.202. The van der Waals surface area contributed by atoms with E-state index in [0.29, 0.717) is 13.0 Å². The number of carbonyl (C=O) groups is 1. The first kappa shape index (κ1) is 22.1. The first-order chi connectivity index (χ1) is 15.6. The van der Waals surface area contributed by atoms with Gasteiger partial charge in [0, 0.05) is 6.42 Å². The summed E-state index contributed by atoms with van der Waals surface area (Å²) in [4.78, 5) is 10.7. The van der Waals surface area contributed by atoms with Gasteiger partial charge in [-0.15, -0.1) is 0 Å². The van der Waals surface area contributed by atoms with E-state index in [1.807, 2.05) is 24.3 Å². The van der Waals surface area contributed by atoms with E-state index >= 15 is 0 Å². The second kappa shape index (κ2) is 10.0. The third-order valence-electron chi connectivity index (χ3n) is 6.77. The molecule has 32 heavy (non-hydrogen) atoms. The molecule has 2 aliphatic rings. The van der Waals surface area contributed by atoms with Gasteiger partial charge in [-0.05, 0) is 91.3 Å². The average molecular weight is 430 g/mol. The molecule has 0 aromatic heterocycles. The van der Waals surface area contributed by atoms with Crippen LogP contribution in [0, 0.1) is 11.3 Å². The Hall–Kier alpha value is -3.06. The van der Waals surface area contributed by atoms with Crippen molar-refractivity contribution in [2.75, 3.05) is 6.61 Å². The number of ether oxygens (including phenoxy) is 1. The smallest absolute Gasteiger partial charge is 0.303 e. The fourth-order valence-corrected chi connectivity index (χ4v) is 4.60. The summed E-state index contributed by atoms with van der Waals surface area (Å²) in [7, 11) is 0. The number of aryl methyl sites for hydroxylation is 1. The normalized spacial score (nSPS) is 17.3. The van der Waals surface area contributed by atoms with Crippen LogP contribution in [-0.2, 0) is 16.6 Å². The SMILES string of the molecule is N#CC1(c2ccc(C3=C(COc4ccc(CCCC(=O)O)cc4)CCCCC3)cc2)CC1. The molecule has 2 aromatic carbocycles. The molecule has 4 rings (SSSR count). The van der Waals surface area contributed by atoms with Gasteiger partial charge in [0.25, 0.3) is 0 Å². The van der Waals surface area contributed by atoms with Crippen LogP contribution in [0.3, 0.4) is 0 Å². The summed E-state index contributed by atoms with van der Waals surface area (Å²) in [6.07, 6.45) is 9.35. The molecule has 1 saturated carbocycles. The number of hydrogen-bond acceptors (Lipinski definition) is 3. The molecule has 166 valence electrons. The lowest BCUT2D eigenvalue weighted by Crippen LogP contribution is -2.05. The third kappa shape index (κ3) is 5.40. The molecule has 0 atom stereocenters. The van der Waals surface area contributed by atoms with E-state index in [4.69, 9.17) is 9.84 Å². The Bertz CT molecular complexity index is 1010. The number of benzene rings is 2. The first-order valence-corrected chi connectivity index (χ1v) is 11.8. The minimum Gasteiger partial charge on any atom is -0.489 e. The van der Waals surface area contributed by atoms with Crippen LogP contribution in [0.15, 0.2) is 54.1 Å². The Balaban J connectivity index is 1.43. The van der Waals surface area contributed by atoms with Crippen molar-refractivity contribution in [3.05, 3.63) is 70.8 Å². The number of aliphatic carboxylic acids is 1. The first-order valence-electron chi connectivity index (χ1n) is 11.8. The fraction of sp³-hybridized carbons (Fsp3) is 0.429. The molecule has 4 nitrogen and oxygen atoms in total. The van der Waals surface area contributed by atoms with E-state index in [0.717, 1.165) is 49.0 Å². The van der Waals surface area contributed by atoms with E-state index in [9.17, 15) is 10.1 Å². The number of rotatable bonds is 9. The van der Waals surface area contributed by atoms with Gasteiger partial charge in [0.2, 0.25) is 0 Å². The van der Waals surface area contributed by atoms with Crippen molar-refractivity contribution >= 4 is 11.5 Å². The van der Waals surface area contributed by atoms with Crippen molar-refractivity contribution < 1.29 is 14.6 Å². The summed E-state index contributed by atoms with van der Waals surface area (Å²) in [5.41, 5.74) is 6.10. The lowest BCUT2D eigenvalue weighted by atomic mass is 9.92. The number of nitriles is 1. The number of nitrogens with zero attached hydrogens (tertiary/aromatic N) is 1. The highest BCUT2D eigenvalue weighted by molar-refractivity contribution is 5.70. The van der Waals surface area contributed by atoms with Crippen molar-refractivity contribution in [1.29, 1.82) is 5.26 Å². The molecule has 0 spiro atoms. The molecule has 0 bridgehead atoms. The lowest BCUT2D eigenvalue weighted by Gasteiger charge is -2.16. The molecule has 0 heterocycles. The Morgan fingerprint density at radius 2 is 1.72 bits per heavy atom. The largest absolute Gasteiger partial charge is 0.489 e. The Labute approximate surface area is 190 Å². The van der Waals surface area contributed by atoms with Crippen LogP contribution in [0.25, 0.3) is 5.57 Å². The summed E-state index contributed by atoms with van der Waals surface area (Å²) >= 11 is 0. The van der Waals surface area contributed by atoms with Gasteiger partial charge in [-0.3, -0.25) is 4.79 Å². The van der Waals surface area contributed by atoms with Crippen LogP contribution in [0.4, 0.5) is 0 Å². The van der Waals surface area contributed by atoms with Gasteiger partial charge in [-0.2, -0.15) is 5.26 Å². The van der Waals surface area contributed by atoms with Crippen LogP contribution in [0.5, 0.6) is 5.75 Å². The molecule has 0 radical (unpaired) electrons. The number of hydrogen-bond donors (Lipinski definition) is 1. The predicted molar refractivity (Wildman–Crippen MR) is 125 cm³/mol. The molecule has 0 amide bonds. The summed E-state index contributed by atoms with van der Waals surface area (Å²) in [6.45, 7) is 0.595. The highest BCUT2D eigenvalue weighted by atomic mass is 16.5. The summed E-state index contributed by atoms with van der Waals surface area (Å²) in [6, 6.07) is 19.2. The molecular formula is C28H31NO3. The zero-order chi connectivity index (χ0) is 22.4. The van der Waals surface area contributed by atoms with Crippen LogP contribution >= 0.6 is 0 Å². The zero-order valence-corrected chi connectivity index (χ0v) is 18.6. The minimum atomic E-state index is -0.746. The highest BCUT2D eigenvalue weighted by Crippen LogP contribution is 2.47. The van der Waals surface area contributed by atoms with Crippen LogP contribution in [0.2, 0.25) is 0 Å². The summed E-state index contributed by atoms with van der Waals surface area (Å²) in [5, 5.41) is 18.2. The average Bonchev–Trinajstić information content (AvgIpc) is 3.63. The topological polar surface area (TPSA) is 70.3 Å². The van der Waals surface area contributed by atoms with Crippen LogP contribution in [-0.4, -0.2) is 17.7 Å². The van der Waals surface area contributed by atoms with E-state index in [1.54, 1.807) is 0 Å².